The maximum Gasteiger partial charge on any atom is 0.417 e. The topological polar surface area (TPSA) is 83.4 Å². The van der Waals surface area contributed by atoms with Gasteiger partial charge in [-0.1, -0.05) is 12.1 Å². The monoisotopic (exact) mass is 550 g/mol. The van der Waals surface area contributed by atoms with Gasteiger partial charge in [0.25, 0.3) is 11.5 Å². The van der Waals surface area contributed by atoms with E-state index in [-0.39, 0.29) is 23.4 Å². The van der Waals surface area contributed by atoms with Crippen LogP contribution in [0.5, 0.6) is 0 Å². The summed E-state index contributed by atoms with van der Waals surface area (Å²) in [5.41, 5.74) is 1.39. The molecule has 1 aliphatic heterocycles. The van der Waals surface area contributed by atoms with Crippen molar-refractivity contribution in [2.45, 2.75) is 19.1 Å². The number of nitrogens with one attached hydrogen (secondary N) is 1. The molecule has 11 heteroatoms. The van der Waals surface area contributed by atoms with E-state index in [1.54, 1.807) is 0 Å². The number of hydrogen-bond acceptors (Lipinski definition) is 6. The summed E-state index contributed by atoms with van der Waals surface area (Å²) < 4.78 is 42.3. The molecule has 8 nitrogen and oxygen atoms in total. The van der Waals surface area contributed by atoms with Crippen molar-refractivity contribution < 1.29 is 18.0 Å². The first-order valence-corrected chi connectivity index (χ1v) is 13.0. The van der Waals surface area contributed by atoms with Crippen LogP contribution in [0, 0.1) is 0 Å². The number of carbonyl (C=O) groups is 1. The molecule has 4 aromatic rings. The Balaban J connectivity index is 1.37. The van der Waals surface area contributed by atoms with Gasteiger partial charge in [-0.25, -0.2) is 4.68 Å². The summed E-state index contributed by atoms with van der Waals surface area (Å²) in [6, 6.07) is 14.1. The van der Waals surface area contributed by atoms with E-state index in [9.17, 15) is 22.8 Å². The van der Waals surface area contributed by atoms with Crippen molar-refractivity contribution >= 4 is 22.5 Å². The number of pyridine rings is 1. The molecule has 1 saturated heterocycles. The molecule has 0 aliphatic carbocycles. The lowest BCUT2D eigenvalue weighted by molar-refractivity contribution is -0.137. The van der Waals surface area contributed by atoms with Crippen LogP contribution in [0.2, 0.25) is 0 Å². The molecule has 0 bridgehead atoms. The van der Waals surface area contributed by atoms with Gasteiger partial charge in [0.15, 0.2) is 0 Å². The van der Waals surface area contributed by atoms with E-state index in [0.29, 0.717) is 6.42 Å². The van der Waals surface area contributed by atoms with Crippen molar-refractivity contribution in [1.29, 1.82) is 0 Å². The number of rotatable bonds is 6. The zero-order valence-corrected chi connectivity index (χ0v) is 22.2. The van der Waals surface area contributed by atoms with Crippen molar-refractivity contribution in [3.8, 4) is 11.3 Å². The average Bonchev–Trinajstić information content (AvgIpc) is 2.95. The number of likely N-dealkylation sites (N-methyl/N-ethyl adjacent to an activating group) is 1. The van der Waals surface area contributed by atoms with Crippen LogP contribution in [0.4, 0.5) is 18.9 Å². The number of anilines is 1. The van der Waals surface area contributed by atoms with Gasteiger partial charge in [0.2, 0.25) is 0 Å². The third-order valence-corrected chi connectivity index (χ3v) is 7.17. The minimum absolute atomic E-state index is 0.155. The summed E-state index contributed by atoms with van der Waals surface area (Å²) in [4.78, 5) is 33.7. The number of hydrogen-bond donors (Lipinski definition) is 1. The number of fused-ring (bicyclic) bond motifs is 1. The molecule has 0 saturated carbocycles. The summed E-state index contributed by atoms with van der Waals surface area (Å²) in [7, 11) is 3.38. The number of alkyl halides is 3. The number of benzene rings is 2. The quantitative estimate of drug-likeness (QED) is 0.393. The van der Waals surface area contributed by atoms with Crippen LogP contribution < -0.4 is 15.8 Å². The smallest absolute Gasteiger partial charge is 0.368 e. The highest BCUT2D eigenvalue weighted by molar-refractivity contribution is 5.96. The maximum atomic E-state index is 13.7. The Bertz CT molecular complexity index is 1610. The van der Waals surface area contributed by atoms with Crippen LogP contribution >= 0.6 is 0 Å². The highest BCUT2D eigenvalue weighted by atomic mass is 19.4. The van der Waals surface area contributed by atoms with Crippen LogP contribution in [0.1, 0.15) is 21.5 Å². The van der Waals surface area contributed by atoms with Gasteiger partial charge in [-0.2, -0.15) is 18.3 Å². The van der Waals surface area contributed by atoms with E-state index < -0.39 is 23.2 Å². The molecule has 1 aliphatic rings. The van der Waals surface area contributed by atoms with Crippen molar-refractivity contribution in [3.63, 3.8) is 0 Å². The number of nitrogens with zero attached hydrogens (tertiary/aromatic N) is 5. The fourth-order valence-electron chi connectivity index (χ4n) is 4.83. The maximum absolute atomic E-state index is 13.7. The molecule has 1 amide bonds. The largest absolute Gasteiger partial charge is 0.417 e. The summed E-state index contributed by atoms with van der Waals surface area (Å²) in [5.74, 6) is -0.835. The minimum atomic E-state index is -4.73. The Morgan fingerprint density at radius 2 is 1.77 bits per heavy atom. The third kappa shape index (κ3) is 5.84. The first-order valence-electron chi connectivity index (χ1n) is 13.0. The number of carbonyl (C=O) groups excluding carboxylic acids is 1. The van der Waals surface area contributed by atoms with Gasteiger partial charge in [0, 0.05) is 56.8 Å². The van der Waals surface area contributed by atoms with E-state index in [1.165, 1.54) is 29.9 Å². The number of amides is 1. The molecule has 2 aromatic carbocycles. The highest BCUT2D eigenvalue weighted by Crippen LogP contribution is 2.34. The summed E-state index contributed by atoms with van der Waals surface area (Å²) in [5, 5.41) is 7.56. The summed E-state index contributed by atoms with van der Waals surface area (Å²) >= 11 is 0. The molecule has 0 unspecified atom stereocenters. The normalized spacial score (nSPS) is 14.5. The van der Waals surface area contributed by atoms with Crippen LogP contribution in [-0.2, 0) is 19.1 Å². The van der Waals surface area contributed by atoms with Crippen LogP contribution in [0.25, 0.3) is 22.2 Å². The Kier molecular flexibility index (Phi) is 7.57. The molecule has 3 heterocycles. The van der Waals surface area contributed by atoms with Crippen molar-refractivity contribution in [2.24, 2.45) is 0 Å². The molecular weight excluding hydrogens is 521 g/mol. The van der Waals surface area contributed by atoms with Gasteiger partial charge in [-0.15, -0.1) is 0 Å². The van der Waals surface area contributed by atoms with E-state index >= 15 is 0 Å². The molecule has 1 fully saturated rings. The predicted molar refractivity (Wildman–Crippen MR) is 147 cm³/mol. The molecule has 0 atom stereocenters. The van der Waals surface area contributed by atoms with Gasteiger partial charge >= 0.3 is 6.18 Å². The second kappa shape index (κ2) is 11.1. The molecule has 40 heavy (non-hydrogen) atoms. The van der Waals surface area contributed by atoms with Gasteiger partial charge in [-0.05, 0) is 55.4 Å². The van der Waals surface area contributed by atoms with Crippen LogP contribution in [0.15, 0.2) is 65.6 Å². The molecule has 5 rings (SSSR count). The van der Waals surface area contributed by atoms with Gasteiger partial charge < -0.3 is 15.1 Å². The van der Waals surface area contributed by atoms with Gasteiger partial charge in [0.05, 0.1) is 34.2 Å². The predicted octanol–water partition coefficient (Wildman–Crippen LogP) is 3.83. The third-order valence-electron chi connectivity index (χ3n) is 7.17. The zero-order chi connectivity index (χ0) is 28.4. The lowest BCUT2D eigenvalue weighted by Crippen LogP contribution is -2.44. The molecule has 0 radical (unpaired) electrons. The SMILES string of the molecule is CNC(=O)c1ccc(-c2ccc(=O)n(CCc3ccc4ncc(N5CCN(C)CC5)cc4c3)n2)cc1C(F)(F)F. The summed E-state index contributed by atoms with van der Waals surface area (Å²) in [6.07, 6.45) is -2.34. The number of piperazine rings is 1. The van der Waals surface area contributed by atoms with Gasteiger partial charge in [-0.3, -0.25) is 14.6 Å². The lowest BCUT2D eigenvalue weighted by atomic mass is 10.0. The Hall–Kier alpha value is -4.25. The van der Waals surface area contributed by atoms with Crippen molar-refractivity contribution in [3.05, 3.63) is 87.8 Å². The zero-order valence-electron chi connectivity index (χ0n) is 22.2. The molecule has 208 valence electrons. The first-order chi connectivity index (χ1) is 19.1. The van der Waals surface area contributed by atoms with Crippen molar-refractivity contribution in [1.82, 2.24) is 25.0 Å². The van der Waals surface area contributed by atoms with Crippen LogP contribution in [0.3, 0.4) is 0 Å². The fourth-order valence-corrected chi connectivity index (χ4v) is 4.83. The number of halogens is 3. The second-order valence-electron chi connectivity index (χ2n) is 9.88. The fraction of sp³-hybridized carbons (Fsp3) is 0.310. The standard InChI is InChI=1S/C29H29F3N6O2/c1-33-28(40)23-5-4-20(17-24(23)29(30,31)32)26-7-8-27(39)38(35-26)10-9-19-3-6-25-21(15-19)16-22(18-34-25)37-13-11-36(2)12-14-37/h3-8,15-18H,9-14H2,1-2H3,(H,33,40). The highest BCUT2D eigenvalue weighted by Gasteiger charge is 2.35. The first kappa shape index (κ1) is 27.3. The van der Waals surface area contributed by atoms with E-state index in [2.05, 4.69) is 38.3 Å². The Morgan fingerprint density at radius 1 is 1.00 bits per heavy atom. The van der Waals surface area contributed by atoms with Crippen LogP contribution in [-0.4, -0.2) is 65.8 Å². The lowest BCUT2D eigenvalue weighted by Gasteiger charge is -2.33. The Labute approximate surface area is 229 Å². The Morgan fingerprint density at radius 3 is 2.50 bits per heavy atom. The number of aromatic nitrogens is 3. The van der Waals surface area contributed by atoms with E-state index in [0.717, 1.165) is 60.5 Å². The minimum Gasteiger partial charge on any atom is -0.368 e. The van der Waals surface area contributed by atoms with E-state index in [4.69, 9.17) is 0 Å². The molecule has 0 spiro atoms. The van der Waals surface area contributed by atoms with Crippen molar-refractivity contribution in [2.75, 3.05) is 45.2 Å². The molecule has 2 aromatic heterocycles. The molecular formula is C29H29F3N6O2. The molecule has 1 N–H and O–H groups in total. The number of aryl methyl sites for hydroxylation is 2. The summed E-state index contributed by atoms with van der Waals surface area (Å²) in [6.45, 7) is 4.11. The van der Waals surface area contributed by atoms with E-state index in [1.807, 2.05) is 24.4 Å². The average molecular weight is 551 g/mol. The van der Waals surface area contributed by atoms with Gasteiger partial charge in [0.1, 0.15) is 0 Å². The second-order valence-corrected chi connectivity index (χ2v) is 9.88.